The standard InChI is InChI=1S/C22H22N2O4/c1-3-12-15-7-11(25)5-6-18(15)23-20-16(12)9-24-19(20)8-14-13(4-2)22(27)28-10-17(14)21(24)26/h5-8,13,22,25,27H,3-4,9-10H2,1-2H3. The summed E-state index contributed by atoms with van der Waals surface area (Å²) in [5.74, 6) is -0.00142. The number of phenolic OH excluding ortho intramolecular Hbond substituents is 1. The van der Waals surface area contributed by atoms with Crippen LogP contribution in [0.2, 0.25) is 0 Å². The Hall–Kier alpha value is -2.70. The maximum absolute atomic E-state index is 13.2. The predicted octanol–water partition coefficient (Wildman–Crippen LogP) is 3.04. The molecule has 0 radical (unpaired) electrons. The molecule has 0 saturated heterocycles. The number of hydrogen-bond donors (Lipinski definition) is 2. The summed E-state index contributed by atoms with van der Waals surface area (Å²) >= 11 is 0. The van der Waals surface area contributed by atoms with Crippen molar-refractivity contribution in [3.05, 3.63) is 56.9 Å². The third kappa shape index (κ3) is 2.28. The van der Waals surface area contributed by atoms with Gasteiger partial charge in [0, 0.05) is 22.4 Å². The Morgan fingerprint density at radius 2 is 2.07 bits per heavy atom. The molecule has 4 heterocycles. The van der Waals surface area contributed by atoms with Gasteiger partial charge >= 0.3 is 0 Å². The van der Waals surface area contributed by atoms with Crippen LogP contribution in [0.15, 0.2) is 29.1 Å². The lowest BCUT2D eigenvalue weighted by atomic mass is 9.89. The molecule has 6 heteroatoms. The molecule has 2 atom stereocenters. The molecule has 5 rings (SSSR count). The van der Waals surface area contributed by atoms with Crippen molar-refractivity contribution in [2.75, 3.05) is 0 Å². The van der Waals surface area contributed by atoms with E-state index in [1.807, 2.05) is 19.1 Å². The number of ether oxygens (including phenoxy) is 1. The molecular weight excluding hydrogens is 356 g/mol. The number of phenols is 1. The van der Waals surface area contributed by atoms with Crippen LogP contribution in [0.1, 0.15) is 48.4 Å². The molecule has 6 nitrogen and oxygen atoms in total. The Kier molecular flexibility index (Phi) is 3.82. The predicted molar refractivity (Wildman–Crippen MR) is 105 cm³/mol. The van der Waals surface area contributed by atoms with Crippen LogP contribution in [0.25, 0.3) is 22.3 Å². The maximum atomic E-state index is 13.2. The molecule has 0 spiro atoms. The van der Waals surface area contributed by atoms with Crippen molar-refractivity contribution < 1.29 is 14.9 Å². The first-order valence-electron chi connectivity index (χ1n) is 9.74. The quantitative estimate of drug-likeness (QED) is 0.560. The number of nitrogens with zero attached hydrogens (tertiary/aromatic N) is 2. The first-order chi connectivity index (χ1) is 13.5. The normalized spacial score (nSPS) is 20.1. The Balaban J connectivity index is 1.80. The van der Waals surface area contributed by atoms with Crippen LogP contribution in [0.3, 0.4) is 0 Å². The van der Waals surface area contributed by atoms with Crippen LogP contribution >= 0.6 is 0 Å². The lowest BCUT2D eigenvalue weighted by Gasteiger charge is -2.29. The molecule has 2 aromatic heterocycles. The molecule has 1 aromatic carbocycles. The highest BCUT2D eigenvalue weighted by Crippen LogP contribution is 2.40. The number of aliphatic hydroxyl groups excluding tert-OH is 1. The van der Waals surface area contributed by atoms with Gasteiger partial charge in [-0.2, -0.15) is 0 Å². The summed E-state index contributed by atoms with van der Waals surface area (Å²) < 4.78 is 7.21. The number of benzene rings is 1. The Bertz CT molecular complexity index is 1180. The van der Waals surface area contributed by atoms with E-state index in [-0.39, 0.29) is 23.8 Å². The van der Waals surface area contributed by atoms with E-state index < -0.39 is 6.29 Å². The van der Waals surface area contributed by atoms with Gasteiger partial charge < -0.3 is 19.5 Å². The van der Waals surface area contributed by atoms with E-state index >= 15 is 0 Å². The maximum Gasteiger partial charge on any atom is 0.257 e. The van der Waals surface area contributed by atoms with Crippen molar-refractivity contribution in [2.24, 2.45) is 0 Å². The van der Waals surface area contributed by atoms with E-state index in [1.54, 1.807) is 16.7 Å². The second kappa shape index (κ2) is 6.15. The molecule has 0 saturated carbocycles. The lowest BCUT2D eigenvalue weighted by Crippen LogP contribution is -2.34. The van der Waals surface area contributed by atoms with Gasteiger partial charge in [0.2, 0.25) is 0 Å². The second-order valence-corrected chi connectivity index (χ2v) is 7.54. The average Bonchev–Trinajstić information content (AvgIpc) is 3.05. The molecule has 0 aliphatic carbocycles. The first-order valence-corrected chi connectivity index (χ1v) is 9.74. The average molecular weight is 378 g/mol. The molecule has 0 fully saturated rings. The van der Waals surface area contributed by atoms with E-state index in [1.165, 1.54) is 0 Å². The second-order valence-electron chi connectivity index (χ2n) is 7.54. The minimum Gasteiger partial charge on any atom is -0.508 e. The largest absolute Gasteiger partial charge is 0.508 e. The molecule has 2 N–H and O–H groups in total. The van der Waals surface area contributed by atoms with E-state index in [4.69, 9.17) is 9.72 Å². The topological polar surface area (TPSA) is 84.6 Å². The summed E-state index contributed by atoms with van der Waals surface area (Å²) in [5.41, 5.74) is 6.02. The molecule has 144 valence electrons. The zero-order valence-corrected chi connectivity index (χ0v) is 15.9. The van der Waals surface area contributed by atoms with Gasteiger partial charge in [-0.05, 0) is 48.2 Å². The smallest absolute Gasteiger partial charge is 0.257 e. The van der Waals surface area contributed by atoms with Crippen LogP contribution in [0.5, 0.6) is 5.75 Å². The van der Waals surface area contributed by atoms with Crippen LogP contribution < -0.4 is 5.56 Å². The van der Waals surface area contributed by atoms with E-state index in [0.29, 0.717) is 18.5 Å². The minimum absolute atomic E-state index is 0.0650. The Labute approximate surface area is 162 Å². The molecule has 3 aromatic rings. The SMILES string of the molecule is CCc1c2c(nc3ccc(O)cc13)-c1cc3c(c(=O)n1C2)COC(O)C3CC. The lowest BCUT2D eigenvalue weighted by molar-refractivity contribution is -0.134. The third-order valence-corrected chi connectivity index (χ3v) is 6.12. The highest BCUT2D eigenvalue weighted by Gasteiger charge is 2.34. The van der Waals surface area contributed by atoms with Crippen molar-refractivity contribution in [2.45, 2.75) is 52.0 Å². The van der Waals surface area contributed by atoms with E-state index in [9.17, 15) is 15.0 Å². The highest BCUT2D eigenvalue weighted by atomic mass is 16.6. The van der Waals surface area contributed by atoms with Crippen molar-refractivity contribution in [1.29, 1.82) is 0 Å². The van der Waals surface area contributed by atoms with Crippen molar-refractivity contribution in [3.8, 4) is 17.1 Å². The zero-order valence-electron chi connectivity index (χ0n) is 15.9. The molecule has 0 amide bonds. The number of hydrogen-bond acceptors (Lipinski definition) is 5. The Morgan fingerprint density at radius 1 is 1.25 bits per heavy atom. The number of aromatic hydroxyl groups is 1. The van der Waals surface area contributed by atoms with Gasteiger partial charge in [-0.15, -0.1) is 0 Å². The van der Waals surface area contributed by atoms with Crippen molar-refractivity contribution >= 4 is 10.9 Å². The van der Waals surface area contributed by atoms with Crippen LogP contribution in [0, 0.1) is 0 Å². The van der Waals surface area contributed by atoms with Gasteiger partial charge in [0.05, 0.1) is 30.1 Å². The minimum atomic E-state index is -0.889. The van der Waals surface area contributed by atoms with Gasteiger partial charge in [-0.25, -0.2) is 4.98 Å². The van der Waals surface area contributed by atoms with Crippen LogP contribution in [-0.2, 0) is 24.3 Å². The first kappa shape index (κ1) is 17.4. The summed E-state index contributed by atoms with van der Waals surface area (Å²) in [6.45, 7) is 4.66. The third-order valence-electron chi connectivity index (χ3n) is 6.12. The number of fused-ring (bicyclic) bond motifs is 5. The number of aliphatic hydroxyl groups is 1. The molecule has 0 bridgehead atoms. The number of aryl methyl sites for hydroxylation is 1. The van der Waals surface area contributed by atoms with E-state index in [2.05, 4.69) is 6.92 Å². The number of pyridine rings is 2. The van der Waals surface area contributed by atoms with Crippen molar-refractivity contribution in [1.82, 2.24) is 9.55 Å². The van der Waals surface area contributed by atoms with E-state index in [0.717, 1.165) is 45.4 Å². The fourth-order valence-corrected chi connectivity index (χ4v) is 4.70. The van der Waals surface area contributed by atoms with Crippen molar-refractivity contribution in [3.63, 3.8) is 0 Å². The summed E-state index contributed by atoms with van der Waals surface area (Å²) in [6, 6.07) is 7.21. The summed E-state index contributed by atoms with van der Waals surface area (Å²) in [4.78, 5) is 18.1. The van der Waals surface area contributed by atoms with Crippen LogP contribution in [-0.4, -0.2) is 26.1 Å². The molecule has 2 aliphatic rings. The molecule has 2 aliphatic heterocycles. The monoisotopic (exact) mass is 378 g/mol. The summed E-state index contributed by atoms with van der Waals surface area (Å²) in [5, 5.41) is 21.1. The summed E-state index contributed by atoms with van der Waals surface area (Å²) in [6.07, 6.45) is 0.584. The van der Waals surface area contributed by atoms with Gasteiger partial charge in [-0.3, -0.25) is 4.79 Å². The molecule has 2 unspecified atom stereocenters. The zero-order chi connectivity index (χ0) is 19.6. The molecule has 28 heavy (non-hydrogen) atoms. The van der Waals surface area contributed by atoms with Gasteiger partial charge in [0.15, 0.2) is 6.29 Å². The number of aromatic nitrogens is 2. The van der Waals surface area contributed by atoms with Gasteiger partial charge in [-0.1, -0.05) is 13.8 Å². The fourth-order valence-electron chi connectivity index (χ4n) is 4.70. The Morgan fingerprint density at radius 3 is 2.82 bits per heavy atom. The van der Waals surface area contributed by atoms with Gasteiger partial charge in [0.1, 0.15) is 5.75 Å². The van der Waals surface area contributed by atoms with Gasteiger partial charge in [0.25, 0.3) is 5.56 Å². The van der Waals surface area contributed by atoms with Crippen LogP contribution in [0.4, 0.5) is 0 Å². The molecular formula is C22H22N2O4. The fraction of sp³-hybridized carbons (Fsp3) is 0.364. The summed E-state index contributed by atoms with van der Waals surface area (Å²) in [7, 11) is 0. The highest BCUT2D eigenvalue weighted by molar-refractivity contribution is 5.89. The number of rotatable bonds is 2.